The lowest BCUT2D eigenvalue weighted by atomic mass is 10.2. The number of halogens is 3. The van der Waals surface area contributed by atoms with Gasteiger partial charge in [0.2, 0.25) is 5.24 Å². The van der Waals surface area contributed by atoms with Crippen LogP contribution < -0.4 is 0 Å². The molecular weight excluding hydrogens is 440 g/mol. The van der Waals surface area contributed by atoms with Crippen LogP contribution in [0.4, 0.5) is 0 Å². The fraction of sp³-hybridized carbons (Fsp3) is 0.300. The molecule has 0 bridgehead atoms. The Labute approximate surface area is 132 Å². The molecule has 1 rings (SSSR count). The summed E-state index contributed by atoms with van der Waals surface area (Å²) in [5.41, 5.74) is 1.14. The van der Waals surface area contributed by atoms with Crippen molar-refractivity contribution in [2.75, 3.05) is 6.54 Å². The summed E-state index contributed by atoms with van der Waals surface area (Å²) in [5.74, 6) is 0. The van der Waals surface area contributed by atoms with Crippen LogP contribution in [0.25, 0.3) is 0 Å². The Balaban J connectivity index is 2.56. The highest BCUT2D eigenvalue weighted by molar-refractivity contribution is 14.1. The van der Waals surface area contributed by atoms with Crippen LogP contribution in [0.5, 0.6) is 0 Å². The molecule has 0 radical (unpaired) electrons. The van der Waals surface area contributed by atoms with Crippen molar-refractivity contribution in [3.05, 3.63) is 34.3 Å². The SMILES string of the molecule is O=C(Cl)CCN(Cc1cccc(Br)c1)SOI. The van der Waals surface area contributed by atoms with Crippen LogP contribution in [-0.2, 0) is 13.9 Å². The normalized spacial score (nSPS) is 10.8. The van der Waals surface area contributed by atoms with E-state index < -0.39 is 0 Å². The molecule has 0 aliphatic rings. The Bertz CT molecular complexity index is 383. The van der Waals surface area contributed by atoms with Crippen molar-refractivity contribution in [2.45, 2.75) is 13.0 Å². The van der Waals surface area contributed by atoms with E-state index in [2.05, 4.69) is 15.9 Å². The molecule has 0 aliphatic carbocycles. The molecule has 1 aromatic carbocycles. The first-order valence-electron chi connectivity index (χ1n) is 4.75. The summed E-state index contributed by atoms with van der Waals surface area (Å²) in [5, 5.41) is -0.335. The molecule has 0 unspecified atom stereocenters. The molecule has 0 saturated carbocycles. The van der Waals surface area contributed by atoms with E-state index in [0.717, 1.165) is 10.0 Å². The van der Waals surface area contributed by atoms with E-state index in [1.165, 1.54) is 12.2 Å². The predicted octanol–water partition coefficient (Wildman–Crippen LogP) is 4.34. The third kappa shape index (κ3) is 6.97. The molecule has 0 fully saturated rings. The van der Waals surface area contributed by atoms with Gasteiger partial charge < -0.3 is 0 Å². The van der Waals surface area contributed by atoms with Crippen molar-refractivity contribution < 1.29 is 7.31 Å². The Morgan fingerprint density at radius 2 is 2.35 bits per heavy atom. The van der Waals surface area contributed by atoms with Crippen molar-refractivity contribution in [1.29, 1.82) is 0 Å². The van der Waals surface area contributed by atoms with E-state index >= 15 is 0 Å². The van der Waals surface area contributed by atoms with Gasteiger partial charge in [-0.05, 0) is 29.3 Å². The largest absolute Gasteiger partial charge is 0.281 e. The maximum atomic E-state index is 10.7. The lowest BCUT2D eigenvalue weighted by Gasteiger charge is -2.17. The first-order chi connectivity index (χ1) is 8.11. The highest BCUT2D eigenvalue weighted by atomic mass is 127. The fourth-order valence-electron chi connectivity index (χ4n) is 1.23. The molecule has 94 valence electrons. The Morgan fingerprint density at radius 3 is 2.94 bits per heavy atom. The maximum Gasteiger partial charge on any atom is 0.222 e. The summed E-state index contributed by atoms with van der Waals surface area (Å²) < 4.78 is 7.96. The van der Waals surface area contributed by atoms with Gasteiger partial charge in [0.1, 0.15) is 23.0 Å². The molecule has 0 amide bonds. The molecule has 17 heavy (non-hydrogen) atoms. The number of benzene rings is 1. The summed E-state index contributed by atoms with van der Waals surface area (Å²) in [7, 11) is 0. The zero-order valence-electron chi connectivity index (χ0n) is 8.74. The number of nitrogens with zero attached hydrogens (tertiary/aromatic N) is 1. The second-order valence-corrected chi connectivity index (χ2v) is 6.44. The first-order valence-corrected chi connectivity index (χ1v) is 7.50. The topological polar surface area (TPSA) is 29.5 Å². The van der Waals surface area contributed by atoms with Crippen LogP contribution >= 0.6 is 62.8 Å². The second kappa shape index (κ2) is 8.71. The quantitative estimate of drug-likeness (QED) is 0.268. The van der Waals surface area contributed by atoms with Gasteiger partial charge in [0, 0.05) is 24.0 Å². The van der Waals surface area contributed by atoms with Gasteiger partial charge in [0.15, 0.2) is 0 Å². The van der Waals surface area contributed by atoms with E-state index in [1.54, 1.807) is 23.0 Å². The minimum atomic E-state index is -0.335. The molecule has 0 aliphatic heterocycles. The minimum Gasteiger partial charge on any atom is -0.281 e. The second-order valence-electron chi connectivity index (χ2n) is 3.24. The van der Waals surface area contributed by atoms with Crippen LogP contribution in [0.15, 0.2) is 28.7 Å². The standard InChI is InChI=1S/C10H10BrClINO2S/c11-9-3-1-2-8(6-9)7-14(17-16-13)5-4-10(12)15/h1-3,6H,4-5,7H2. The molecule has 0 saturated heterocycles. The monoisotopic (exact) mass is 449 g/mol. The highest BCUT2D eigenvalue weighted by Gasteiger charge is 2.09. The summed E-state index contributed by atoms with van der Waals surface area (Å²) in [6, 6.07) is 8.00. The van der Waals surface area contributed by atoms with Gasteiger partial charge in [0.05, 0.1) is 12.2 Å². The van der Waals surface area contributed by atoms with Crippen LogP contribution in [-0.4, -0.2) is 16.1 Å². The molecule has 1 aromatic rings. The van der Waals surface area contributed by atoms with Crippen LogP contribution in [0, 0.1) is 0 Å². The zero-order valence-corrected chi connectivity index (χ0v) is 14.1. The lowest BCUT2D eigenvalue weighted by molar-refractivity contribution is -0.111. The van der Waals surface area contributed by atoms with Crippen LogP contribution in [0.2, 0.25) is 0 Å². The third-order valence-electron chi connectivity index (χ3n) is 1.94. The molecule has 7 heteroatoms. The Kier molecular flexibility index (Phi) is 8.05. The number of rotatable bonds is 7. The summed E-state index contributed by atoms with van der Waals surface area (Å²) in [4.78, 5) is 10.7. The Morgan fingerprint density at radius 1 is 1.59 bits per heavy atom. The van der Waals surface area contributed by atoms with E-state index in [9.17, 15) is 4.79 Å². The first kappa shape index (κ1) is 15.7. The maximum absolute atomic E-state index is 10.7. The molecule has 0 N–H and O–H groups in total. The van der Waals surface area contributed by atoms with Crippen molar-refractivity contribution in [2.24, 2.45) is 0 Å². The molecular formula is C10H10BrClINO2S. The fourth-order valence-corrected chi connectivity index (χ4v) is 2.89. The average molecular weight is 451 g/mol. The molecule has 0 aromatic heterocycles. The van der Waals surface area contributed by atoms with Crippen molar-refractivity contribution in [3.63, 3.8) is 0 Å². The van der Waals surface area contributed by atoms with Gasteiger partial charge in [-0.25, -0.2) is 6.82 Å². The van der Waals surface area contributed by atoms with Crippen molar-refractivity contribution >= 4 is 68.0 Å². The van der Waals surface area contributed by atoms with E-state index in [4.69, 9.17) is 14.1 Å². The average Bonchev–Trinajstić information content (AvgIpc) is 2.26. The molecule has 0 atom stereocenters. The Hall–Kier alpha value is 0.660. The number of hydrogen-bond acceptors (Lipinski definition) is 4. The number of hydrogen-bond donors (Lipinski definition) is 0. The van der Waals surface area contributed by atoms with Crippen LogP contribution in [0.3, 0.4) is 0 Å². The van der Waals surface area contributed by atoms with Gasteiger partial charge in [0.25, 0.3) is 0 Å². The minimum absolute atomic E-state index is 0.308. The summed E-state index contributed by atoms with van der Waals surface area (Å²) in [6.45, 7) is 1.25. The zero-order chi connectivity index (χ0) is 12.7. The van der Waals surface area contributed by atoms with E-state index in [1.807, 2.05) is 28.6 Å². The van der Waals surface area contributed by atoms with Crippen molar-refractivity contribution in [1.82, 2.24) is 4.31 Å². The smallest absolute Gasteiger partial charge is 0.222 e. The molecule has 0 spiro atoms. The van der Waals surface area contributed by atoms with E-state index in [-0.39, 0.29) is 5.24 Å². The van der Waals surface area contributed by atoms with Crippen LogP contribution in [0.1, 0.15) is 12.0 Å². The number of carbonyl (C=O) groups excluding carboxylic acids is 1. The van der Waals surface area contributed by atoms with Crippen molar-refractivity contribution in [3.8, 4) is 0 Å². The molecule has 3 nitrogen and oxygen atoms in total. The van der Waals surface area contributed by atoms with Gasteiger partial charge in [-0.1, -0.05) is 28.1 Å². The molecule has 0 heterocycles. The summed E-state index contributed by atoms with van der Waals surface area (Å²) in [6.07, 6.45) is 0.308. The lowest BCUT2D eigenvalue weighted by Crippen LogP contribution is -2.18. The highest BCUT2D eigenvalue weighted by Crippen LogP contribution is 2.21. The van der Waals surface area contributed by atoms with Gasteiger partial charge in [-0.3, -0.25) is 4.79 Å². The van der Waals surface area contributed by atoms with Gasteiger partial charge in [-0.15, -0.1) is 0 Å². The predicted molar refractivity (Wildman–Crippen MR) is 82.7 cm³/mol. The summed E-state index contributed by atoms with van der Waals surface area (Å²) >= 11 is 11.8. The number of carbonyl (C=O) groups is 1. The van der Waals surface area contributed by atoms with Gasteiger partial charge >= 0.3 is 0 Å². The van der Waals surface area contributed by atoms with E-state index in [0.29, 0.717) is 19.5 Å². The van der Waals surface area contributed by atoms with Gasteiger partial charge in [-0.2, -0.15) is 0 Å². The third-order valence-corrected chi connectivity index (χ3v) is 3.68.